The van der Waals surface area contributed by atoms with Crippen LogP contribution in [0, 0.1) is 6.92 Å². The second-order valence-electron chi connectivity index (χ2n) is 8.37. The molecule has 0 saturated heterocycles. The fourth-order valence-corrected chi connectivity index (χ4v) is 4.97. The number of hydrogen-bond donors (Lipinski definition) is 0. The Morgan fingerprint density at radius 3 is 2.82 bits per heavy atom. The predicted molar refractivity (Wildman–Crippen MR) is 136 cm³/mol. The molecule has 3 aromatic rings. The molecule has 0 fully saturated rings. The summed E-state index contributed by atoms with van der Waals surface area (Å²) in [7, 11) is 1.60. The molecule has 3 aromatic carbocycles. The minimum absolute atomic E-state index is 0.134. The first kappa shape index (κ1) is 23.0. The van der Waals surface area contributed by atoms with Gasteiger partial charge in [-0.3, -0.25) is 9.69 Å². The molecule has 2 heterocycles. The van der Waals surface area contributed by atoms with Crippen molar-refractivity contribution in [1.82, 2.24) is 4.90 Å². The topological polar surface area (TPSA) is 48.0 Å². The minimum Gasteiger partial charge on any atom is -0.496 e. The molecule has 0 atom stereocenters. The number of methoxy groups -OCH3 is 1. The number of benzene rings is 3. The van der Waals surface area contributed by atoms with Crippen LogP contribution >= 0.6 is 27.5 Å². The molecule has 2 aliphatic heterocycles. The van der Waals surface area contributed by atoms with Crippen LogP contribution in [-0.2, 0) is 13.0 Å². The number of aryl methyl sites for hydroxylation is 1. The molecule has 0 amide bonds. The highest BCUT2D eigenvalue weighted by molar-refractivity contribution is 9.10. The monoisotopic (exact) mass is 539 g/mol. The molecule has 0 unspecified atom stereocenters. The highest BCUT2D eigenvalue weighted by Gasteiger charge is 2.35. The van der Waals surface area contributed by atoms with Crippen molar-refractivity contribution in [2.75, 3.05) is 20.4 Å². The van der Waals surface area contributed by atoms with Crippen molar-refractivity contribution in [3.63, 3.8) is 0 Å². The first-order valence-electron chi connectivity index (χ1n) is 11.0. The van der Waals surface area contributed by atoms with Gasteiger partial charge in [-0.1, -0.05) is 45.7 Å². The summed E-state index contributed by atoms with van der Waals surface area (Å²) in [6.07, 6.45) is 2.54. The molecule has 0 aliphatic carbocycles. The van der Waals surface area contributed by atoms with E-state index in [1.807, 2.05) is 55.5 Å². The van der Waals surface area contributed by atoms with Gasteiger partial charge in [0.05, 0.1) is 18.2 Å². The summed E-state index contributed by atoms with van der Waals surface area (Å²) < 4.78 is 18.6. The third-order valence-electron chi connectivity index (χ3n) is 6.12. The Kier molecular flexibility index (Phi) is 6.38. The van der Waals surface area contributed by atoms with Crippen molar-refractivity contribution in [3.8, 4) is 17.2 Å². The van der Waals surface area contributed by atoms with Gasteiger partial charge in [0, 0.05) is 28.1 Å². The number of hydrogen-bond acceptors (Lipinski definition) is 5. The zero-order valence-electron chi connectivity index (χ0n) is 18.9. The summed E-state index contributed by atoms with van der Waals surface area (Å²) >= 11 is 9.80. The Bertz CT molecular complexity index is 1320. The van der Waals surface area contributed by atoms with E-state index in [1.165, 1.54) is 0 Å². The van der Waals surface area contributed by atoms with Gasteiger partial charge in [-0.25, -0.2) is 0 Å². The average Bonchev–Trinajstić information content (AvgIpc) is 3.16. The standard InChI is InChI=1S/C27H23BrClNO4/c1-16-11-23-20(14-30(15-33-23)10-9-17-5-3-4-6-21(17)29)27-25(16)26(31)24(34-27)13-18-12-19(28)7-8-22(18)32-2/h3-8,11-13H,9-10,14-15H2,1-2H3/b24-13-. The van der Waals surface area contributed by atoms with Crippen molar-refractivity contribution >= 4 is 39.4 Å². The largest absolute Gasteiger partial charge is 0.496 e. The maximum absolute atomic E-state index is 13.3. The van der Waals surface area contributed by atoms with Gasteiger partial charge in [0.1, 0.15) is 24.0 Å². The molecule has 174 valence electrons. The highest BCUT2D eigenvalue weighted by Crippen LogP contribution is 2.44. The van der Waals surface area contributed by atoms with E-state index >= 15 is 0 Å². The smallest absolute Gasteiger partial charge is 0.232 e. The van der Waals surface area contributed by atoms with Gasteiger partial charge >= 0.3 is 0 Å². The van der Waals surface area contributed by atoms with Crippen LogP contribution in [0.25, 0.3) is 6.08 Å². The number of halogens is 2. The van der Waals surface area contributed by atoms with Crippen LogP contribution in [0.4, 0.5) is 0 Å². The number of ketones is 1. The van der Waals surface area contributed by atoms with E-state index < -0.39 is 0 Å². The van der Waals surface area contributed by atoms with E-state index in [9.17, 15) is 4.79 Å². The quantitative estimate of drug-likeness (QED) is 0.349. The van der Waals surface area contributed by atoms with E-state index in [2.05, 4.69) is 20.8 Å². The van der Waals surface area contributed by atoms with Gasteiger partial charge in [0.25, 0.3) is 0 Å². The minimum atomic E-state index is -0.134. The van der Waals surface area contributed by atoms with Crippen molar-refractivity contribution in [2.24, 2.45) is 0 Å². The second-order valence-corrected chi connectivity index (χ2v) is 9.69. The van der Waals surface area contributed by atoms with Crippen molar-refractivity contribution < 1.29 is 19.0 Å². The number of carbonyl (C=O) groups excluding carboxylic acids is 1. The maximum Gasteiger partial charge on any atom is 0.232 e. The van der Waals surface area contributed by atoms with Crippen molar-refractivity contribution in [3.05, 3.63) is 91.6 Å². The molecule has 0 spiro atoms. The lowest BCUT2D eigenvalue weighted by atomic mass is 9.98. The molecule has 0 radical (unpaired) electrons. The molecule has 7 heteroatoms. The first-order valence-corrected chi connectivity index (χ1v) is 12.1. The maximum atomic E-state index is 13.3. The van der Waals surface area contributed by atoms with E-state index in [0.717, 1.165) is 50.5 Å². The third-order valence-corrected chi connectivity index (χ3v) is 6.98. The van der Waals surface area contributed by atoms with Gasteiger partial charge in [0.15, 0.2) is 5.76 Å². The van der Waals surface area contributed by atoms with Crippen LogP contribution in [0.1, 0.15) is 32.6 Å². The number of Topliss-reactive ketones (excluding diaryl/α,β-unsaturated/α-hetero) is 1. The van der Waals surface area contributed by atoms with Gasteiger partial charge < -0.3 is 14.2 Å². The van der Waals surface area contributed by atoms with Crippen molar-refractivity contribution in [2.45, 2.75) is 19.9 Å². The Balaban J connectivity index is 1.43. The van der Waals surface area contributed by atoms with Crippen LogP contribution in [0.3, 0.4) is 0 Å². The predicted octanol–water partition coefficient (Wildman–Crippen LogP) is 6.43. The van der Waals surface area contributed by atoms with Crippen LogP contribution < -0.4 is 14.2 Å². The zero-order chi connectivity index (χ0) is 23.8. The number of allylic oxidation sites excluding steroid dienone is 1. The Hall–Kier alpha value is -2.80. The lowest BCUT2D eigenvalue weighted by molar-refractivity contribution is 0.0949. The lowest BCUT2D eigenvalue weighted by Crippen LogP contribution is -2.34. The van der Waals surface area contributed by atoms with E-state index in [4.69, 9.17) is 25.8 Å². The molecule has 2 aliphatic rings. The Labute approximate surface area is 212 Å². The molecular weight excluding hydrogens is 518 g/mol. The number of ether oxygens (including phenoxy) is 3. The number of carbonyl (C=O) groups is 1. The fraction of sp³-hybridized carbons (Fsp3) is 0.222. The van der Waals surface area contributed by atoms with Gasteiger partial charge in [0.2, 0.25) is 5.78 Å². The van der Waals surface area contributed by atoms with Gasteiger partial charge in [-0.05, 0) is 60.9 Å². The van der Waals surface area contributed by atoms with E-state index in [0.29, 0.717) is 30.3 Å². The number of fused-ring (bicyclic) bond motifs is 3. The summed E-state index contributed by atoms with van der Waals surface area (Å²) in [6.45, 7) is 3.79. The summed E-state index contributed by atoms with van der Waals surface area (Å²) in [6, 6.07) is 15.4. The molecule has 0 aromatic heterocycles. The lowest BCUT2D eigenvalue weighted by Gasteiger charge is -2.30. The number of nitrogens with zero attached hydrogens (tertiary/aromatic N) is 1. The summed E-state index contributed by atoms with van der Waals surface area (Å²) in [5, 5.41) is 0.768. The summed E-state index contributed by atoms with van der Waals surface area (Å²) in [4.78, 5) is 15.5. The van der Waals surface area contributed by atoms with E-state index in [1.54, 1.807) is 13.2 Å². The molecule has 0 saturated carbocycles. The molecule has 5 rings (SSSR count). The third kappa shape index (κ3) is 4.33. The fourth-order valence-electron chi connectivity index (χ4n) is 4.36. The normalized spacial score (nSPS) is 16.1. The molecule has 0 bridgehead atoms. The van der Waals surface area contributed by atoms with Crippen LogP contribution in [-0.4, -0.2) is 31.1 Å². The van der Waals surface area contributed by atoms with Gasteiger partial charge in [-0.15, -0.1) is 0 Å². The Morgan fingerprint density at radius 2 is 2.03 bits per heavy atom. The molecule has 0 N–H and O–H groups in total. The summed E-state index contributed by atoms with van der Waals surface area (Å²) in [5.41, 5.74) is 4.19. The Morgan fingerprint density at radius 1 is 1.21 bits per heavy atom. The summed E-state index contributed by atoms with van der Waals surface area (Å²) in [5.74, 6) is 2.15. The first-order chi connectivity index (χ1) is 16.4. The average molecular weight is 541 g/mol. The molecular formula is C27H23BrClNO4. The zero-order valence-corrected chi connectivity index (χ0v) is 21.2. The van der Waals surface area contributed by atoms with Crippen LogP contribution in [0.5, 0.6) is 17.2 Å². The number of rotatable bonds is 5. The van der Waals surface area contributed by atoms with Gasteiger partial charge in [-0.2, -0.15) is 0 Å². The van der Waals surface area contributed by atoms with Crippen LogP contribution in [0.15, 0.2) is 58.8 Å². The SMILES string of the molecule is COc1ccc(Br)cc1/C=C1\Oc2c3c(cc(C)c2C1=O)OCN(CCc1ccccc1Cl)C3. The van der Waals surface area contributed by atoms with Crippen molar-refractivity contribution in [1.29, 1.82) is 0 Å². The highest BCUT2D eigenvalue weighted by atomic mass is 79.9. The second kappa shape index (κ2) is 9.45. The van der Waals surface area contributed by atoms with E-state index in [-0.39, 0.29) is 11.5 Å². The molecule has 5 nitrogen and oxygen atoms in total. The van der Waals surface area contributed by atoms with Crippen LogP contribution in [0.2, 0.25) is 5.02 Å². The molecule has 34 heavy (non-hydrogen) atoms.